The van der Waals surface area contributed by atoms with E-state index in [-0.39, 0.29) is 0 Å². The van der Waals surface area contributed by atoms with E-state index in [0.717, 1.165) is 29.2 Å². The van der Waals surface area contributed by atoms with Gasteiger partial charge >= 0.3 is 0 Å². The van der Waals surface area contributed by atoms with Crippen molar-refractivity contribution >= 4 is 15.9 Å². The summed E-state index contributed by atoms with van der Waals surface area (Å²) in [5.74, 6) is 1.54. The number of β-amino-alcohol motifs (C(OH)–C–C–N with tert-alkyl or cyclic N) is 1. The highest BCUT2D eigenvalue weighted by molar-refractivity contribution is 9.10. The second-order valence-corrected chi connectivity index (χ2v) is 6.34. The summed E-state index contributed by atoms with van der Waals surface area (Å²) in [5, 5.41) is 10.0. The molecule has 106 valence electrons. The number of aliphatic hydroxyl groups excluding tert-OH is 1. The average molecular weight is 328 g/mol. The zero-order valence-electron chi connectivity index (χ0n) is 11.4. The first-order valence-corrected chi connectivity index (χ1v) is 7.71. The summed E-state index contributed by atoms with van der Waals surface area (Å²) in [6, 6.07) is 7.68. The van der Waals surface area contributed by atoms with Crippen LogP contribution >= 0.6 is 15.9 Å². The molecule has 1 saturated heterocycles. The van der Waals surface area contributed by atoms with Crippen molar-refractivity contribution in [1.29, 1.82) is 0 Å². The van der Waals surface area contributed by atoms with Gasteiger partial charge in [-0.15, -0.1) is 0 Å². The molecule has 1 aliphatic heterocycles. The SMILES string of the molecule is CC1CCCN(CC(O)COc2ccc(Br)cc2)C1. The fraction of sp³-hybridized carbons (Fsp3) is 0.600. The molecular weight excluding hydrogens is 306 g/mol. The Kier molecular flexibility index (Phi) is 5.67. The molecule has 0 radical (unpaired) electrons. The molecule has 1 aromatic carbocycles. The molecule has 1 aromatic rings. The second kappa shape index (κ2) is 7.27. The summed E-state index contributed by atoms with van der Waals surface area (Å²) in [6.07, 6.45) is 2.12. The molecule has 1 heterocycles. The first-order valence-electron chi connectivity index (χ1n) is 6.92. The Hall–Kier alpha value is -0.580. The van der Waals surface area contributed by atoms with Crippen LogP contribution in [0, 0.1) is 5.92 Å². The molecule has 0 aliphatic carbocycles. The van der Waals surface area contributed by atoms with E-state index in [9.17, 15) is 5.11 Å². The summed E-state index contributed by atoms with van der Waals surface area (Å²) in [5.41, 5.74) is 0. The van der Waals surface area contributed by atoms with E-state index < -0.39 is 6.10 Å². The van der Waals surface area contributed by atoms with E-state index in [4.69, 9.17) is 4.74 Å². The van der Waals surface area contributed by atoms with Gasteiger partial charge in [0.25, 0.3) is 0 Å². The van der Waals surface area contributed by atoms with Crippen molar-refractivity contribution in [2.45, 2.75) is 25.9 Å². The van der Waals surface area contributed by atoms with E-state index in [1.54, 1.807) is 0 Å². The zero-order chi connectivity index (χ0) is 13.7. The molecule has 1 aliphatic rings. The molecule has 2 rings (SSSR count). The van der Waals surface area contributed by atoms with Crippen molar-refractivity contribution in [3.8, 4) is 5.75 Å². The molecule has 2 atom stereocenters. The van der Waals surface area contributed by atoms with Crippen molar-refractivity contribution in [2.24, 2.45) is 5.92 Å². The molecule has 0 saturated carbocycles. The van der Waals surface area contributed by atoms with Crippen LogP contribution in [-0.2, 0) is 0 Å². The zero-order valence-corrected chi connectivity index (χ0v) is 13.0. The van der Waals surface area contributed by atoms with Crippen LogP contribution in [0.4, 0.5) is 0 Å². The van der Waals surface area contributed by atoms with Crippen LogP contribution in [0.1, 0.15) is 19.8 Å². The van der Waals surface area contributed by atoms with Gasteiger partial charge in [-0.25, -0.2) is 0 Å². The van der Waals surface area contributed by atoms with Gasteiger partial charge in [-0.1, -0.05) is 22.9 Å². The van der Waals surface area contributed by atoms with Crippen LogP contribution in [0.25, 0.3) is 0 Å². The third-order valence-corrected chi connectivity index (χ3v) is 3.99. The van der Waals surface area contributed by atoms with Crippen LogP contribution in [0.15, 0.2) is 28.7 Å². The lowest BCUT2D eigenvalue weighted by Gasteiger charge is -2.32. The molecule has 1 N–H and O–H groups in total. The van der Waals surface area contributed by atoms with Gasteiger partial charge in [0.05, 0.1) is 0 Å². The number of aliphatic hydroxyl groups is 1. The molecule has 0 bridgehead atoms. The Morgan fingerprint density at radius 3 is 2.84 bits per heavy atom. The fourth-order valence-corrected chi connectivity index (χ4v) is 2.79. The number of hydrogen-bond donors (Lipinski definition) is 1. The maximum atomic E-state index is 10.0. The van der Waals surface area contributed by atoms with Crippen LogP contribution < -0.4 is 4.74 Å². The van der Waals surface area contributed by atoms with Gasteiger partial charge in [-0.2, -0.15) is 0 Å². The molecule has 4 heteroatoms. The molecule has 0 amide bonds. The Morgan fingerprint density at radius 2 is 2.16 bits per heavy atom. The van der Waals surface area contributed by atoms with Gasteiger partial charge in [0.2, 0.25) is 0 Å². The lowest BCUT2D eigenvalue weighted by molar-refractivity contribution is 0.0537. The number of nitrogens with zero attached hydrogens (tertiary/aromatic N) is 1. The topological polar surface area (TPSA) is 32.7 Å². The first-order chi connectivity index (χ1) is 9.13. The maximum absolute atomic E-state index is 10.0. The highest BCUT2D eigenvalue weighted by atomic mass is 79.9. The number of benzene rings is 1. The average Bonchev–Trinajstić information content (AvgIpc) is 2.38. The lowest BCUT2D eigenvalue weighted by atomic mass is 10.0. The molecular formula is C15H22BrNO2. The summed E-state index contributed by atoms with van der Waals surface area (Å²) in [7, 11) is 0. The van der Waals surface area contributed by atoms with Crippen molar-refractivity contribution in [2.75, 3.05) is 26.2 Å². The number of likely N-dealkylation sites (tertiary alicyclic amines) is 1. The summed E-state index contributed by atoms with van der Waals surface area (Å²) in [6.45, 7) is 5.53. The minimum absolute atomic E-state index is 0.354. The highest BCUT2D eigenvalue weighted by Gasteiger charge is 2.19. The monoisotopic (exact) mass is 327 g/mol. The van der Waals surface area contributed by atoms with Gasteiger partial charge in [-0.05, 0) is 49.6 Å². The number of piperidine rings is 1. The van der Waals surface area contributed by atoms with Gasteiger partial charge in [0.1, 0.15) is 18.5 Å². The summed E-state index contributed by atoms with van der Waals surface area (Å²) in [4.78, 5) is 2.34. The Balaban J connectivity index is 1.72. The molecule has 3 nitrogen and oxygen atoms in total. The van der Waals surface area contributed by atoms with Crippen LogP contribution in [0.5, 0.6) is 5.75 Å². The number of halogens is 1. The van der Waals surface area contributed by atoms with Gasteiger partial charge < -0.3 is 14.7 Å². The Morgan fingerprint density at radius 1 is 1.42 bits per heavy atom. The van der Waals surface area contributed by atoms with Crippen molar-refractivity contribution in [3.63, 3.8) is 0 Å². The predicted octanol–water partition coefficient (Wildman–Crippen LogP) is 2.92. The van der Waals surface area contributed by atoms with Crippen molar-refractivity contribution in [3.05, 3.63) is 28.7 Å². The minimum atomic E-state index is -0.422. The van der Waals surface area contributed by atoms with Crippen LogP contribution in [0.3, 0.4) is 0 Å². The summed E-state index contributed by atoms with van der Waals surface area (Å²) >= 11 is 3.39. The van der Waals surface area contributed by atoms with Crippen molar-refractivity contribution in [1.82, 2.24) is 4.90 Å². The van der Waals surface area contributed by atoms with Crippen molar-refractivity contribution < 1.29 is 9.84 Å². The van der Waals surface area contributed by atoms with E-state index in [1.807, 2.05) is 24.3 Å². The fourth-order valence-electron chi connectivity index (χ4n) is 2.53. The minimum Gasteiger partial charge on any atom is -0.491 e. The first kappa shape index (κ1) is 14.8. The second-order valence-electron chi connectivity index (χ2n) is 5.43. The highest BCUT2D eigenvalue weighted by Crippen LogP contribution is 2.17. The van der Waals surface area contributed by atoms with Gasteiger partial charge in [-0.3, -0.25) is 0 Å². The Labute approximate surface area is 123 Å². The molecule has 1 fully saturated rings. The molecule has 19 heavy (non-hydrogen) atoms. The third-order valence-electron chi connectivity index (χ3n) is 3.47. The third kappa shape index (κ3) is 5.13. The quantitative estimate of drug-likeness (QED) is 0.902. The number of ether oxygens (including phenoxy) is 1. The molecule has 0 spiro atoms. The van der Waals surface area contributed by atoms with Crippen LogP contribution in [0.2, 0.25) is 0 Å². The van der Waals surface area contributed by atoms with E-state index in [1.165, 1.54) is 12.8 Å². The lowest BCUT2D eigenvalue weighted by Crippen LogP contribution is -2.41. The maximum Gasteiger partial charge on any atom is 0.119 e. The normalized spacial score (nSPS) is 22.2. The number of rotatable bonds is 5. The number of hydrogen-bond acceptors (Lipinski definition) is 3. The summed E-state index contributed by atoms with van der Waals surface area (Å²) < 4.78 is 6.62. The van der Waals surface area contributed by atoms with Gasteiger partial charge in [0.15, 0.2) is 0 Å². The predicted molar refractivity (Wildman–Crippen MR) is 80.5 cm³/mol. The smallest absolute Gasteiger partial charge is 0.119 e. The molecule has 2 unspecified atom stereocenters. The van der Waals surface area contributed by atoms with Gasteiger partial charge in [0, 0.05) is 17.6 Å². The standard InChI is InChI=1S/C15H22BrNO2/c1-12-3-2-8-17(9-12)10-14(18)11-19-15-6-4-13(16)5-7-15/h4-7,12,14,18H,2-3,8-11H2,1H3. The molecule has 0 aromatic heterocycles. The largest absolute Gasteiger partial charge is 0.491 e. The van der Waals surface area contributed by atoms with E-state index in [2.05, 4.69) is 27.8 Å². The van der Waals surface area contributed by atoms with Crippen LogP contribution in [-0.4, -0.2) is 42.4 Å². The Bertz CT molecular complexity index is 382. The van der Waals surface area contributed by atoms with E-state index >= 15 is 0 Å². The van der Waals surface area contributed by atoms with E-state index in [0.29, 0.717) is 13.2 Å².